The number of hydrogen-bond donors (Lipinski definition) is 0. The third-order valence-corrected chi connectivity index (χ3v) is 9.08. The first-order valence-electron chi connectivity index (χ1n) is 19.0. The zero-order chi connectivity index (χ0) is 40.5. The van der Waals surface area contributed by atoms with Gasteiger partial charge in [-0.25, -0.2) is 9.59 Å². The second kappa shape index (κ2) is 22.0. The van der Waals surface area contributed by atoms with Crippen molar-refractivity contribution in [3.8, 4) is 0 Å². The number of carbonyl (C=O) groups is 4. The number of nitrogens with zero attached hydrogens (tertiary/aromatic N) is 4. The molecule has 10 heteroatoms. The van der Waals surface area contributed by atoms with Crippen molar-refractivity contribution in [2.24, 2.45) is 0 Å². The highest BCUT2D eigenvalue weighted by atomic mass is 16.5. The van der Waals surface area contributed by atoms with E-state index < -0.39 is 5.97 Å². The Morgan fingerprint density at radius 3 is 1.82 bits per heavy atom. The molecular formula is C45H58N4O6. The van der Waals surface area contributed by atoms with E-state index in [-0.39, 0.29) is 17.8 Å². The molecule has 0 aromatic carbocycles. The average Bonchev–Trinajstić information content (AvgIpc) is 3.39. The van der Waals surface area contributed by atoms with E-state index >= 15 is 0 Å². The van der Waals surface area contributed by atoms with E-state index in [1.807, 2.05) is 86.6 Å². The van der Waals surface area contributed by atoms with Crippen molar-refractivity contribution in [2.45, 2.75) is 65.2 Å². The zero-order valence-corrected chi connectivity index (χ0v) is 33.8. The van der Waals surface area contributed by atoms with Gasteiger partial charge in [-0.3, -0.25) is 9.59 Å². The van der Waals surface area contributed by atoms with Gasteiger partial charge < -0.3 is 29.1 Å². The molecule has 0 saturated heterocycles. The average molecular weight is 751 g/mol. The van der Waals surface area contributed by atoms with Gasteiger partial charge in [0, 0.05) is 82.0 Å². The maximum atomic E-state index is 14.6. The zero-order valence-electron chi connectivity index (χ0n) is 33.8. The van der Waals surface area contributed by atoms with Crippen molar-refractivity contribution >= 4 is 23.8 Å². The molecule has 2 aliphatic carbocycles. The summed E-state index contributed by atoms with van der Waals surface area (Å²) < 4.78 is 10.5. The van der Waals surface area contributed by atoms with Gasteiger partial charge in [-0.2, -0.15) is 0 Å². The molecule has 0 N–H and O–H groups in total. The molecule has 2 amide bonds. The van der Waals surface area contributed by atoms with Crippen LogP contribution in [-0.2, 0) is 28.7 Å². The van der Waals surface area contributed by atoms with Crippen molar-refractivity contribution in [3.63, 3.8) is 0 Å². The molecule has 0 bridgehead atoms. The number of carbonyl (C=O) groups excluding carboxylic acids is 4. The number of rotatable bonds is 21. The highest BCUT2D eigenvalue weighted by molar-refractivity contribution is 6.16. The molecule has 0 spiro atoms. The van der Waals surface area contributed by atoms with E-state index in [9.17, 15) is 19.2 Å². The third kappa shape index (κ3) is 13.4. The predicted octanol–water partition coefficient (Wildman–Crippen LogP) is 7.02. The van der Waals surface area contributed by atoms with E-state index in [0.29, 0.717) is 78.3 Å². The summed E-state index contributed by atoms with van der Waals surface area (Å²) in [5.41, 5.74) is 11.8. The fraction of sp³-hybridized carbons (Fsp3) is 0.422. The highest BCUT2D eigenvalue weighted by Crippen LogP contribution is 2.37. The maximum Gasteiger partial charge on any atom is 0.333 e. The quantitative estimate of drug-likeness (QED) is 0.0535. The minimum absolute atomic E-state index is 0.256. The molecule has 1 aliphatic heterocycles. The number of unbranched alkanes of at least 4 members (excludes halogenated alkanes) is 6. The van der Waals surface area contributed by atoms with Crippen molar-refractivity contribution in [3.05, 3.63) is 130 Å². The number of ether oxygens (including phenoxy) is 2. The summed E-state index contributed by atoms with van der Waals surface area (Å²) in [5, 5.41) is 0. The fourth-order valence-corrected chi connectivity index (χ4v) is 5.84. The Balaban J connectivity index is 1.95. The summed E-state index contributed by atoms with van der Waals surface area (Å²) in [6.45, 7) is 12.0. The molecule has 0 aromatic heterocycles. The van der Waals surface area contributed by atoms with Crippen LogP contribution in [0.4, 0.5) is 0 Å². The summed E-state index contributed by atoms with van der Waals surface area (Å²) in [7, 11) is 9.59. The van der Waals surface area contributed by atoms with E-state index in [1.165, 1.54) is 0 Å². The Hall–Kier alpha value is -5.56. The minimum atomic E-state index is -0.396. The van der Waals surface area contributed by atoms with Crippen molar-refractivity contribution in [2.75, 3.05) is 61.5 Å². The van der Waals surface area contributed by atoms with Gasteiger partial charge in [-0.1, -0.05) is 26.0 Å². The van der Waals surface area contributed by atoms with Crippen LogP contribution in [0.3, 0.4) is 0 Å². The number of hydrogen-bond acceptors (Lipinski definition) is 8. The monoisotopic (exact) mass is 750 g/mol. The van der Waals surface area contributed by atoms with Crippen LogP contribution >= 0.6 is 0 Å². The van der Waals surface area contributed by atoms with Crippen LogP contribution < -0.4 is 0 Å². The molecular weight excluding hydrogens is 693 g/mol. The third-order valence-electron chi connectivity index (χ3n) is 9.08. The molecule has 0 fully saturated rings. The molecule has 0 aromatic rings. The Labute approximate surface area is 327 Å². The Bertz CT molecular complexity index is 1830. The second-order valence-electron chi connectivity index (χ2n) is 14.3. The van der Waals surface area contributed by atoms with Gasteiger partial charge in [0.1, 0.15) is 0 Å². The number of esters is 2. The van der Waals surface area contributed by atoms with E-state index in [4.69, 9.17) is 9.47 Å². The SMILES string of the molecule is C=C(C)C(=O)OCCCCCCN(C)C(=O)C1=C(C2=C=CC=C(N(C)C)C=C2)N(CCCCCCOC(=O)C(=C)C)C(=O)/C1=C\C1=C=CC=C(N(C)C)C=C1. The smallest absolute Gasteiger partial charge is 0.333 e. The van der Waals surface area contributed by atoms with Gasteiger partial charge in [-0.05, 0) is 107 Å². The lowest BCUT2D eigenvalue weighted by atomic mass is 9.99. The van der Waals surface area contributed by atoms with E-state index in [2.05, 4.69) is 24.6 Å². The molecule has 0 saturated carbocycles. The van der Waals surface area contributed by atoms with Crippen molar-refractivity contribution < 1.29 is 28.7 Å². The first-order chi connectivity index (χ1) is 26.2. The first-order valence-corrected chi connectivity index (χ1v) is 19.0. The van der Waals surface area contributed by atoms with Crippen LogP contribution in [0, 0.1) is 0 Å². The van der Waals surface area contributed by atoms with Crippen LogP contribution in [-0.4, -0.2) is 105 Å². The Morgan fingerprint density at radius 2 is 1.25 bits per heavy atom. The van der Waals surface area contributed by atoms with Gasteiger partial charge in [-0.15, -0.1) is 11.5 Å². The summed E-state index contributed by atoms with van der Waals surface area (Å²) in [6, 6.07) is 0. The summed E-state index contributed by atoms with van der Waals surface area (Å²) in [5.74, 6) is -1.30. The van der Waals surface area contributed by atoms with Crippen molar-refractivity contribution in [1.29, 1.82) is 0 Å². The maximum absolute atomic E-state index is 14.6. The highest BCUT2D eigenvalue weighted by Gasteiger charge is 2.40. The van der Waals surface area contributed by atoms with Gasteiger partial charge in [0.2, 0.25) is 0 Å². The molecule has 294 valence electrons. The number of likely N-dealkylation sites (N-methyl/N-ethyl adjacent to an activating group) is 3. The standard InChI is InChI=1S/C45H58N4O6/c1-33(2)44(52)54-30-16-12-10-14-28-48(9)43(51)40-39(32-35-20-18-22-37(26-24-35)46(5)6)42(50)49(29-15-11-13-17-31-55-45(53)34(3)4)41(40)36-21-19-23-38(27-25-36)47(7)8/h18-19,22-27,32H,1,3,10-17,28-31H2,2,4-9H3/b39-32-. The van der Waals surface area contributed by atoms with Gasteiger partial charge in [0.15, 0.2) is 0 Å². The van der Waals surface area contributed by atoms with Crippen LogP contribution in [0.2, 0.25) is 0 Å². The van der Waals surface area contributed by atoms with Gasteiger partial charge >= 0.3 is 11.9 Å². The van der Waals surface area contributed by atoms with Crippen molar-refractivity contribution in [1.82, 2.24) is 19.6 Å². The summed E-state index contributed by atoms with van der Waals surface area (Å²) in [6.07, 6.45) is 23.1. The fourth-order valence-electron chi connectivity index (χ4n) is 5.84. The molecule has 55 heavy (non-hydrogen) atoms. The predicted molar refractivity (Wildman–Crippen MR) is 218 cm³/mol. The van der Waals surface area contributed by atoms with Crippen LogP contribution in [0.25, 0.3) is 0 Å². The molecule has 1 heterocycles. The normalized spacial score (nSPS) is 15.6. The van der Waals surface area contributed by atoms with Crippen LogP contribution in [0.15, 0.2) is 130 Å². The summed E-state index contributed by atoms with van der Waals surface area (Å²) >= 11 is 0. The topological polar surface area (TPSA) is 99.7 Å². The second-order valence-corrected chi connectivity index (χ2v) is 14.3. The van der Waals surface area contributed by atoms with Gasteiger partial charge in [0.05, 0.1) is 30.1 Å². The molecule has 3 rings (SSSR count). The lowest BCUT2D eigenvalue weighted by Crippen LogP contribution is -2.30. The van der Waals surface area contributed by atoms with E-state index in [0.717, 1.165) is 49.9 Å². The Kier molecular flexibility index (Phi) is 17.5. The summed E-state index contributed by atoms with van der Waals surface area (Å²) in [4.78, 5) is 60.0. The van der Waals surface area contributed by atoms with Gasteiger partial charge in [0.25, 0.3) is 11.8 Å². The Morgan fingerprint density at radius 1 is 0.727 bits per heavy atom. The number of amides is 2. The van der Waals surface area contributed by atoms with E-state index in [1.54, 1.807) is 36.8 Å². The van der Waals surface area contributed by atoms with Crippen LogP contribution in [0.5, 0.6) is 0 Å². The molecule has 0 unspecified atom stereocenters. The molecule has 3 aliphatic rings. The number of allylic oxidation sites excluding steroid dienone is 8. The molecule has 10 nitrogen and oxygen atoms in total. The lowest BCUT2D eigenvalue weighted by Gasteiger charge is -2.22. The van der Waals surface area contributed by atoms with Crippen LogP contribution in [0.1, 0.15) is 65.2 Å². The minimum Gasteiger partial charge on any atom is -0.462 e. The largest absolute Gasteiger partial charge is 0.462 e. The first kappa shape index (κ1) is 43.8. The lowest BCUT2D eigenvalue weighted by molar-refractivity contribution is -0.139. The molecule has 0 radical (unpaired) electrons. The molecule has 0 atom stereocenters.